The first kappa shape index (κ1) is 16.5. The van der Waals surface area contributed by atoms with E-state index >= 15 is 0 Å². The zero-order chi connectivity index (χ0) is 17.0. The molecule has 2 rings (SSSR count). The van der Waals surface area contributed by atoms with Crippen molar-refractivity contribution in [1.29, 1.82) is 0 Å². The van der Waals surface area contributed by atoms with Crippen LogP contribution in [0.1, 0.15) is 12.8 Å². The zero-order valence-electron chi connectivity index (χ0n) is 12.4. The summed E-state index contributed by atoms with van der Waals surface area (Å²) < 4.78 is 4.79. The quantitative estimate of drug-likeness (QED) is 0.774. The molecule has 1 saturated heterocycles. The summed E-state index contributed by atoms with van der Waals surface area (Å²) in [5, 5.41) is 18.6. The van der Waals surface area contributed by atoms with E-state index in [1.807, 2.05) is 0 Å². The standard InChI is InChI=1S/C13H16N4O6/c1-23-10(18)13(2-4-16(5-3-13)11(19)20)17(12(21)22)9-6-14-8-15-7-9/h6-8H,2-5H2,1H3,(H,19,20)(H,21,22). The van der Waals surface area contributed by atoms with E-state index in [0.717, 1.165) is 16.9 Å². The molecule has 2 heterocycles. The van der Waals surface area contributed by atoms with Gasteiger partial charge in [-0.05, 0) is 12.8 Å². The smallest absolute Gasteiger partial charge is 0.412 e. The molecule has 1 aliphatic heterocycles. The average Bonchev–Trinajstić information content (AvgIpc) is 2.55. The lowest BCUT2D eigenvalue weighted by molar-refractivity contribution is -0.148. The number of aromatic nitrogens is 2. The highest BCUT2D eigenvalue weighted by Gasteiger charge is 2.51. The van der Waals surface area contributed by atoms with Crippen molar-refractivity contribution in [2.45, 2.75) is 18.4 Å². The van der Waals surface area contributed by atoms with Gasteiger partial charge in [0.15, 0.2) is 5.54 Å². The van der Waals surface area contributed by atoms with E-state index in [1.165, 1.54) is 18.7 Å². The Morgan fingerprint density at radius 1 is 1.22 bits per heavy atom. The van der Waals surface area contributed by atoms with Gasteiger partial charge in [-0.3, -0.25) is 4.90 Å². The van der Waals surface area contributed by atoms with Gasteiger partial charge in [0.1, 0.15) is 6.33 Å². The first-order valence-corrected chi connectivity index (χ1v) is 6.77. The Hall–Kier alpha value is -2.91. The van der Waals surface area contributed by atoms with Crippen LogP contribution in [0.25, 0.3) is 0 Å². The van der Waals surface area contributed by atoms with Crippen LogP contribution in [0.3, 0.4) is 0 Å². The molecule has 0 saturated carbocycles. The van der Waals surface area contributed by atoms with Gasteiger partial charge in [-0.1, -0.05) is 0 Å². The van der Waals surface area contributed by atoms with Gasteiger partial charge in [-0.15, -0.1) is 0 Å². The lowest BCUT2D eigenvalue weighted by atomic mass is 9.85. The Kier molecular flexibility index (Phi) is 4.63. The van der Waals surface area contributed by atoms with Gasteiger partial charge >= 0.3 is 18.2 Å². The Bertz CT molecular complexity index is 600. The summed E-state index contributed by atoms with van der Waals surface area (Å²) in [6.45, 7) is 0.0316. The van der Waals surface area contributed by atoms with Gasteiger partial charge in [0, 0.05) is 13.1 Å². The molecule has 10 heteroatoms. The van der Waals surface area contributed by atoms with Crippen LogP contribution in [0.2, 0.25) is 0 Å². The summed E-state index contributed by atoms with van der Waals surface area (Å²) >= 11 is 0. The van der Waals surface area contributed by atoms with Crippen LogP contribution >= 0.6 is 0 Å². The summed E-state index contributed by atoms with van der Waals surface area (Å²) in [6.07, 6.45) is 1.26. The molecular formula is C13H16N4O6. The number of likely N-dealkylation sites (tertiary alicyclic amines) is 1. The SMILES string of the molecule is COC(=O)C1(N(C(=O)O)c2cncnc2)CCN(C(=O)O)CC1. The van der Waals surface area contributed by atoms with Crippen molar-refractivity contribution in [2.75, 3.05) is 25.1 Å². The van der Waals surface area contributed by atoms with Crippen LogP contribution in [-0.2, 0) is 9.53 Å². The lowest BCUT2D eigenvalue weighted by Crippen LogP contribution is -2.63. The second kappa shape index (κ2) is 6.46. The van der Waals surface area contributed by atoms with E-state index < -0.39 is 23.7 Å². The number of hydrogen-bond donors (Lipinski definition) is 2. The fourth-order valence-corrected chi connectivity index (χ4v) is 2.72. The number of rotatable bonds is 3. The molecular weight excluding hydrogens is 308 g/mol. The molecule has 1 aromatic heterocycles. The Balaban J connectivity index is 2.43. The molecule has 1 aliphatic rings. The molecule has 2 N–H and O–H groups in total. The van der Waals surface area contributed by atoms with Crippen molar-refractivity contribution in [2.24, 2.45) is 0 Å². The second-order valence-electron chi connectivity index (χ2n) is 5.01. The number of carbonyl (C=O) groups is 3. The third-order valence-electron chi connectivity index (χ3n) is 3.85. The largest absolute Gasteiger partial charge is 0.467 e. The fraction of sp³-hybridized carbons (Fsp3) is 0.462. The first-order valence-electron chi connectivity index (χ1n) is 6.77. The minimum atomic E-state index is -1.52. The molecule has 0 bridgehead atoms. The first-order chi connectivity index (χ1) is 10.9. The van der Waals surface area contributed by atoms with Gasteiger partial charge in [0.25, 0.3) is 0 Å². The summed E-state index contributed by atoms with van der Waals surface area (Å²) in [5.74, 6) is -0.742. The number of carboxylic acid groups (broad SMARTS) is 2. The fourth-order valence-electron chi connectivity index (χ4n) is 2.72. The van der Waals surface area contributed by atoms with Gasteiger partial charge in [-0.2, -0.15) is 0 Å². The van der Waals surface area contributed by atoms with Crippen molar-refractivity contribution in [3.8, 4) is 0 Å². The molecule has 2 amide bonds. The van der Waals surface area contributed by atoms with E-state index in [0.29, 0.717) is 0 Å². The Labute approximate surface area is 131 Å². The van der Waals surface area contributed by atoms with Crippen LogP contribution < -0.4 is 4.90 Å². The molecule has 0 atom stereocenters. The zero-order valence-corrected chi connectivity index (χ0v) is 12.4. The number of carbonyl (C=O) groups excluding carboxylic acids is 1. The van der Waals surface area contributed by atoms with Crippen molar-refractivity contribution in [1.82, 2.24) is 14.9 Å². The molecule has 1 fully saturated rings. The maximum absolute atomic E-state index is 12.4. The average molecular weight is 324 g/mol. The number of nitrogens with zero attached hydrogens (tertiary/aromatic N) is 4. The number of piperidine rings is 1. The molecule has 0 aliphatic carbocycles. The minimum absolute atomic E-state index is 0.0158. The predicted octanol–water partition coefficient (Wildman–Crippen LogP) is 0.647. The number of ether oxygens (including phenoxy) is 1. The summed E-state index contributed by atoms with van der Waals surface area (Å²) in [5.41, 5.74) is -1.40. The Morgan fingerprint density at radius 3 is 2.22 bits per heavy atom. The molecule has 23 heavy (non-hydrogen) atoms. The maximum Gasteiger partial charge on any atom is 0.412 e. The normalized spacial score (nSPS) is 16.5. The van der Waals surface area contributed by atoms with E-state index in [4.69, 9.17) is 9.84 Å². The van der Waals surface area contributed by atoms with Gasteiger partial charge in [-0.25, -0.2) is 24.4 Å². The predicted molar refractivity (Wildman–Crippen MR) is 76.1 cm³/mol. The molecule has 0 spiro atoms. The van der Waals surface area contributed by atoms with E-state index in [-0.39, 0.29) is 31.6 Å². The molecule has 0 aromatic carbocycles. The Morgan fingerprint density at radius 2 is 1.78 bits per heavy atom. The number of methoxy groups -OCH3 is 1. The maximum atomic E-state index is 12.4. The van der Waals surface area contributed by atoms with E-state index in [9.17, 15) is 19.5 Å². The topological polar surface area (TPSA) is 133 Å². The van der Waals surface area contributed by atoms with Crippen LogP contribution in [-0.4, -0.2) is 69.0 Å². The highest BCUT2D eigenvalue weighted by molar-refractivity contribution is 5.98. The van der Waals surface area contributed by atoms with Crippen molar-refractivity contribution >= 4 is 23.8 Å². The van der Waals surface area contributed by atoms with Gasteiger partial charge in [0.05, 0.1) is 25.2 Å². The third-order valence-corrected chi connectivity index (χ3v) is 3.85. The highest BCUT2D eigenvalue weighted by Crippen LogP contribution is 2.34. The van der Waals surface area contributed by atoms with Crippen LogP contribution in [0.4, 0.5) is 15.3 Å². The molecule has 1 aromatic rings. The highest BCUT2D eigenvalue weighted by atomic mass is 16.5. The monoisotopic (exact) mass is 324 g/mol. The molecule has 0 unspecified atom stereocenters. The summed E-state index contributed by atoms with van der Waals surface area (Å²) in [4.78, 5) is 44.7. The van der Waals surface area contributed by atoms with E-state index in [2.05, 4.69) is 9.97 Å². The van der Waals surface area contributed by atoms with Crippen LogP contribution in [0.5, 0.6) is 0 Å². The lowest BCUT2D eigenvalue weighted by Gasteiger charge is -2.44. The third kappa shape index (κ3) is 3.00. The van der Waals surface area contributed by atoms with Crippen LogP contribution in [0.15, 0.2) is 18.7 Å². The number of hydrogen-bond acceptors (Lipinski definition) is 6. The molecule has 10 nitrogen and oxygen atoms in total. The number of amides is 2. The summed E-state index contributed by atoms with van der Waals surface area (Å²) in [6, 6.07) is 0. The number of esters is 1. The van der Waals surface area contributed by atoms with Gasteiger partial charge < -0.3 is 19.8 Å². The summed E-state index contributed by atoms with van der Waals surface area (Å²) in [7, 11) is 1.16. The van der Waals surface area contributed by atoms with Crippen molar-refractivity contribution in [3.05, 3.63) is 18.7 Å². The minimum Gasteiger partial charge on any atom is -0.467 e. The van der Waals surface area contributed by atoms with Crippen molar-refractivity contribution in [3.63, 3.8) is 0 Å². The van der Waals surface area contributed by atoms with Crippen molar-refractivity contribution < 1.29 is 29.3 Å². The van der Waals surface area contributed by atoms with Gasteiger partial charge in [0.2, 0.25) is 0 Å². The second-order valence-corrected chi connectivity index (χ2v) is 5.01. The molecule has 0 radical (unpaired) electrons. The van der Waals surface area contributed by atoms with Crippen LogP contribution in [0, 0.1) is 0 Å². The number of anilines is 1. The molecule has 124 valence electrons. The van der Waals surface area contributed by atoms with E-state index in [1.54, 1.807) is 0 Å².